The average molecular weight is 407 g/mol. The van der Waals surface area contributed by atoms with Gasteiger partial charge in [0.2, 0.25) is 0 Å². The molecule has 0 heteroatoms. The summed E-state index contributed by atoms with van der Waals surface area (Å²) in [6, 6.07) is 0. The Hall–Kier alpha value is 0. The van der Waals surface area contributed by atoms with Crippen LogP contribution in [0.5, 0.6) is 0 Å². The summed E-state index contributed by atoms with van der Waals surface area (Å²) in [6.07, 6.45) is 43.5. The summed E-state index contributed by atoms with van der Waals surface area (Å²) in [7, 11) is 0. The van der Waals surface area contributed by atoms with Gasteiger partial charge in [-0.3, -0.25) is 0 Å². The molecular weight excluding hydrogens is 348 g/mol. The molecule has 7 saturated carbocycles. The third-order valence-electron chi connectivity index (χ3n) is 6.06. The van der Waals surface area contributed by atoms with Crippen LogP contribution < -0.4 is 0 Å². The highest BCUT2D eigenvalue weighted by atomic mass is 14.0. The number of rotatable bonds is 0. The summed E-state index contributed by atoms with van der Waals surface area (Å²) in [5, 5.41) is 0. The second-order valence-electron chi connectivity index (χ2n) is 10.3. The van der Waals surface area contributed by atoms with E-state index in [4.69, 9.17) is 0 Å². The molecule has 174 valence electrons. The van der Waals surface area contributed by atoms with Gasteiger partial charge in [-0.2, -0.15) is 0 Å². The molecule has 7 aliphatic carbocycles. The maximum absolute atomic E-state index is 1.50. The molecule has 0 atom stereocenters. The summed E-state index contributed by atoms with van der Waals surface area (Å²) >= 11 is 0. The zero-order valence-corrected chi connectivity index (χ0v) is 20.5. The molecule has 0 bridgehead atoms. The van der Waals surface area contributed by atoms with Gasteiger partial charge in [-0.15, -0.1) is 0 Å². The van der Waals surface area contributed by atoms with E-state index in [0.717, 1.165) is 0 Å². The lowest BCUT2D eigenvalue weighted by molar-refractivity contribution is 0.504. The van der Waals surface area contributed by atoms with E-state index in [2.05, 4.69) is 0 Å². The zero-order valence-electron chi connectivity index (χ0n) is 20.5. The molecule has 0 aliphatic heterocycles. The van der Waals surface area contributed by atoms with Gasteiger partial charge < -0.3 is 0 Å². The lowest BCUT2D eigenvalue weighted by Crippen LogP contribution is -1.85. The van der Waals surface area contributed by atoms with Crippen LogP contribution in [0.25, 0.3) is 0 Å². The quantitative estimate of drug-likeness (QED) is 0.375. The molecule has 0 unspecified atom stereocenters. The third kappa shape index (κ3) is 35.8. The first-order valence-corrected chi connectivity index (χ1v) is 14.5. The fraction of sp³-hybridized carbons (Fsp3) is 1.00. The molecule has 0 heterocycles. The first-order valence-electron chi connectivity index (χ1n) is 14.5. The highest BCUT2D eigenvalue weighted by Crippen LogP contribution is 2.17. The monoisotopic (exact) mass is 406 g/mol. The first-order chi connectivity index (χ1) is 14.5. The van der Waals surface area contributed by atoms with Crippen LogP contribution in [0, 0.1) is 0 Å². The molecule has 0 radical (unpaired) electrons. The Morgan fingerprint density at radius 2 is 0.103 bits per heavy atom. The SMILES string of the molecule is C1CC1.C1CC1.C1CC1.C1CCC1.C1CCC1.C1CCCCC1.C1CCCCC1. The van der Waals surface area contributed by atoms with E-state index in [1.807, 2.05) is 0 Å². The van der Waals surface area contributed by atoms with Gasteiger partial charge in [0, 0.05) is 0 Å². The van der Waals surface area contributed by atoms with Crippen molar-refractivity contribution in [1.82, 2.24) is 0 Å². The van der Waals surface area contributed by atoms with Crippen molar-refractivity contribution in [2.75, 3.05) is 0 Å². The Bertz CT molecular complexity index is 186. The van der Waals surface area contributed by atoms with Crippen molar-refractivity contribution in [3.63, 3.8) is 0 Å². The van der Waals surface area contributed by atoms with Crippen LogP contribution in [0.4, 0.5) is 0 Å². The molecule has 0 saturated heterocycles. The van der Waals surface area contributed by atoms with Crippen LogP contribution in [-0.2, 0) is 0 Å². The standard InChI is InChI=1S/2C6H12.2C4H8.3C3H6/c2*1-2-4-6-5-3-1;2*1-2-4-3-1;3*1-2-3-1/h2*1-6H2;2*1-4H2;3*1-3H2. The molecule has 0 nitrogen and oxygen atoms in total. The van der Waals surface area contributed by atoms with E-state index in [9.17, 15) is 0 Å². The maximum Gasteiger partial charge on any atom is -0.0533 e. The topological polar surface area (TPSA) is 0 Å². The van der Waals surface area contributed by atoms with Crippen molar-refractivity contribution in [1.29, 1.82) is 0 Å². The van der Waals surface area contributed by atoms with Crippen molar-refractivity contribution in [3.8, 4) is 0 Å². The van der Waals surface area contributed by atoms with Gasteiger partial charge in [0.05, 0.1) is 0 Å². The molecular formula is C29H58. The summed E-state index contributed by atoms with van der Waals surface area (Å²) in [5.74, 6) is 0. The zero-order chi connectivity index (χ0) is 20.5. The van der Waals surface area contributed by atoms with Crippen LogP contribution in [-0.4, -0.2) is 0 Å². The Morgan fingerprint density at radius 3 is 0.138 bits per heavy atom. The molecule has 0 aromatic carbocycles. The van der Waals surface area contributed by atoms with Gasteiger partial charge in [-0.05, 0) is 0 Å². The van der Waals surface area contributed by atoms with E-state index in [1.54, 1.807) is 0 Å². The van der Waals surface area contributed by atoms with E-state index in [1.165, 1.54) is 186 Å². The Morgan fingerprint density at radius 1 is 0.0690 bits per heavy atom. The fourth-order valence-corrected chi connectivity index (χ4v) is 2.62. The largest absolute Gasteiger partial charge is 0.0533 e. The van der Waals surface area contributed by atoms with E-state index in [-0.39, 0.29) is 0 Å². The highest BCUT2D eigenvalue weighted by Gasteiger charge is 1.97. The lowest BCUT2D eigenvalue weighted by Gasteiger charge is -2.05. The molecule has 7 aliphatic rings. The molecule has 7 rings (SSSR count). The Balaban J connectivity index is 0.000000172. The van der Waals surface area contributed by atoms with Crippen molar-refractivity contribution < 1.29 is 0 Å². The predicted octanol–water partition coefficient (Wildman–Crippen LogP) is 11.3. The van der Waals surface area contributed by atoms with Crippen LogP contribution in [0.15, 0.2) is 0 Å². The van der Waals surface area contributed by atoms with Crippen LogP contribution in [0.1, 0.15) is 186 Å². The van der Waals surface area contributed by atoms with Crippen LogP contribution >= 0.6 is 0 Å². The summed E-state index contributed by atoms with van der Waals surface area (Å²) < 4.78 is 0. The minimum Gasteiger partial charge on any atom is -0.0533 e. The molecule has 0 amide bonds. The van der Waals surface area contributed by atoms with E-state index in [0.29, 0.717) is 0 Å². The Labute approximate surface area is 186 Å². The van der Waals surface area contributed by atoms with E-state index >= 15 is 0 Å². The van der Waals surface area contributed by atoms with Crippen LogP contribution in [0.3, 0.4) is 0 Å². The summed E-state index contributed by atoms with van der Waals surface area (Å²) in [4.78, 5) is 0. The summed E-state index contributed by atoms with van der Waals surface area (Å²) in [5.41, 5.74) is 0. The predicted molar refractivity (Wildman–Crippen MR) is 134 cm³/mol. The van der Waals surface area contributed by atoms with Crippen LogP contribution in [0.2, 0.25) is 0 Å². The van der Waals surface area contributed by atoms with Crippen molar-refractivity contribution in [2.24, 2.45) is 0 Å². The lowest BCUT2D eigenvalue weighted by atomic mass is 10.0. The van der Waals surface area contributed by atoms with Gasteiger partial charge in [0.1, 0.15) is 0 Å². The minimum absolute atomic E-state index is 1.50. The van der Waals surface area contributed by atoms with Crippen molar-refractivity contribution in [3.05, 3.63) is 0 Å². The molecule has 0 spiro atoms. The second kappa shape index (κ2) is 24.3. The van der Waals surface area contributed by atoms with Gasteiger partial charge in [0.25, 0.3) is 0 Å². The Kier molecular flexibility index (Phi) is 22.6. The smallest absolute Gasteiger partial charge is 0.0533 e. The normalized spacial score (nSPS) is 24.0. The van der Waals surface area contributed by atoms with Crippen molar-refractivity contribution >= 4 is 0 Å². The second-order valence-corrected chi connectivity index (χ2v) is 10.3. The van der Waals surface area contributed by atoms with Gasteiger partial charge in [-0.25, -0.2) is 0 Å². The maximum atomic E-state index is 1.50. The fourth-order valence-electron chi connectivity index (χ4n) is 2.62. The number of hydrogen-bond acceptors (Lipinski definition) is 0. The van der Waals surface area contributed by atoms with Gasteiger partial charge >= 0.3 is 0 Å². The van der Waals surface area contributed by atoms with E-state index < -0.39 is 0 Å². The molecule has 29 heavy (non-hydrogen) atoms. The summed E-state index contributed by atoms with van der Waals surface area (Å²) in [6.45, 7) is 0. The van der Waals surface area contributed by atoms with Crippen molar-refractivity contribution in [2.45, 2.75) is 186 Å². The highest BCUT2D eigenvalue weighted by molar-refractivity contribution is 4.53. The number of hydrogen-bond donors (Lipinski definition) is 0. The van der Waals surface area contributed by atoms with Gasteiger partial charge in [0.15, 0.2) is 0 Å². The molecule has 0 aromatic heterocycles. The average Bonchev–Trinajstić information content (AvgIpc) is 3.58. The first kappa shape index (κ1) is 27.0. The molecule has 0 aromatic rings. The van der Waals surface area contributed by atoms with Gasteiger partial charge in [-0.1, -0.05) is 186 Å². The third-order valence-corrected chi connectivity index (χ3v) is 6.06. The molecule has 7 fully saturated rings. The molecule has 0 N–H and O–H groups in total. The minimum atomic E-state index is 1.50.